The molecule has 0 aliphatic carbocycles. The predicted molar refractivity (Wildman–Crippen MR) is 109 cm³/mol. The number of carbonyl (C=O) groups is 1. The quantitative estimate of drug-likeness (QED) is 0.304. The Morgan fingerprint density at radius 1 is 1.29 bits per heavy atom. The van der Waals surface area contributed by atoms with Gasteiger partial charge >= 0.3 is 0 Å². The number of methoxy groups -OCH3 is 1. The van der Waals surface area contributed by atoms with Crippen LogP contribution in [-0.2, 0) is 4.79 Å². The number of hydrogen-bond acceptors (Lipinski definition) is 8. The van der Waals surface area contributed by atoms with E-state index in [4.69, 9.17) is 4.74 Å². The van der Waals surface area contributed by atoms with Gasteiger partial charge in [0.05, 0.1) is 24.3 Å². The summed E-state index contributed by atoms with van der Waals surface area (Å²) in [6.07, 6.45) is 1.70. The molecule has 0 unspecified atom stereocenters. The molecule has 2 heterocycles. The summed E-state index contributed by atoms with van der Waals surface area (Å²) in [5, 5.41) is 14.2. The number of hydrogen-bond donors (Lipinski definition) is 3. The predicted octanol–water partition coefficient (Wildman–Crippen LogP) is 2.78. The number of carbonyl (C=O) groups excluding carboxylic acids is 1. The molecule has 1 aromatic carbocycles. The Morgan fingerprint density at radius 2 is 2.18 bits per heavy atom. The van der Waals surface area contributed by atoms with Crippen molar-refractivity contribution in [1.82, 2.24) is 20.2 Å². The first kappa shape index (κ1) is 19.4. The van der Waals surface area contributed by atoms with Gasteiger partial charge in [0.15, 0.2) is 0 Å². The van der Waals surface area contributed by atoms with Crippen molar-refractivity contribution < 1.29 is 9.53 Å². The average molecular weight is 397 g/mol. The van der Waals surface area contributed by atoms with Crippen LogP contribution in [0.5, 0.6) is 5.75 Å². The van der Waals surface area contributed by atoms with Crippen molar-refractivity contribution in [2.24, 2.45) is 5.10 Å². The van der Waals surface area contributed by atoms with Crippen molar-refractivity contribution in [3.05, 3.63) is 54.4 Å². The standard InChI is InChI=1S/C18H19N7O2S/c1-12(15-8-3-4-9-19-15)22-23-17-21-18(25-24-17)28-11-16(26)20-13-6-5-7-14(10-13)27-2/h3-10H,11H2,1-2H3,(H,20,26)(H2,21,23,24,25)/b22-12+. The molecule has 0 spiro atoms. The molecule has 0 radical (unpaired) electrons. The van der Waals surface area contributed by atoms with Gasteiger partial charge in [-0.3, -0.25) is 9.78 Å². The first-order valence-corrected chi connectivity index (χ1v) is 9.33. The number of benzene rings is 1. The number of H-pyrrole nitrogens is 1. The summed E-state index contributed by atoms with van der Waals surface area (Å²) < 4.78 is 5.13. The molecule has 0 aliphatic rings. The van der Waals surface area contributed by atoms with Crippen LogP contribution in [0.25, 0.3) is 0 Å². The molecule has 0 fully saturated rings. The highest BCUT2D eigenvalue weighted by Gasteiger charge is 2.08. The van der Waals surface area contributed by atoms with Crippen LogP contribution in [0.1, 0.15) is 12.6 Å². The molecule has 2 aromatic heterocycles. The van der Waals surface area contributed by atoms with E-state index in [1.54, 1.807) is 25.4 Å². The summed E-state index contributed by atoms with van der Waals surface area (Å²) in [5.74, 6) is 1.06. The number of nitrogens with one attached hydrogen (secondary N) is 3. The van der Waals surface area contributed by atoms with Crippen molar-refractivity contribution in [3.8, 4) is 5.75 Å². The van der Waals surface area contributed by atoms with Crippen LogP contribution < -0.4 is 15.5 Å². The van der Waals surface area contributed by atoms with Gasteiger partial charge < -0.3 is 10.1 Å². The second kappa shape index (κ2) is 9.51. The van der Waals surface area contributed by atoms with Crippen LogP contribution in [0.4, 0.5) is 11.6 Å². The fourth-order valence-electron chi connectivity index (χ4n) is 2.16. The second-order valence-corrected chi connectivity index (χ2v) is 6.50. The number of pyridine rings is 1. The Labute approximate surface area is 166 Å². The monoisotopic (exact) mass is 397 g/mol. The third-order valence-electron chi connectivity index (χ3n) is 3.52. The first-order valence-electron chi connectivity index (χ1n) is 8.35. The number of nitrogens with zero attached hydrogens (tertiary/aromatic N) is 4. The fourth-order valence-corrected chi connectivity index (χ4v) is 2.76. The van der Waals surface area contributed by atoms with E-state index in [1.807, 2.05) is 37.3 Å². The van der Waals surface area contributed by atoms with E-state index in [2.05, 4.69) is 36.0 Å². The van der Waals surface area contributed by atoms with Crippen molar-refractivity contribution in [3.63, 3.8) is 0 Å². The number of hydrazone groups is 1. The zero-order chi connectivity index (χ0) is 19.8. The first-order chi connectivity index (χ1) is 13.6. The Balaban J connectivity index is 1.49. The average Bonchev–Trinajstić information content (AvgIpc) is 3.19. The van der Waals surface area contributed by atoms with Crippen LogP contribution in [-0.4, -0.2) is 44.6 Å². The number of aromatic amines is 1. The minimum absolute atomic E-state index is 0.165. The van der Waals surface area contributed by atoms with Gasteiger partial charge in [-0.1, -0.05) is 23.9 Å². The van der Waals surface area contributed by atoms with Crippen molar-refractivity contribution >= 4 is 35.0 Å². The number of rotatable bonds is 8. The Kier molecular flexibility index (Phi) is 6.58. The molecule has 0 saturated carbocycles. The van der Waals surface area contributed by atoms with Gasteiger partial charge in [0.1, 0.15) is 5.75 Å². The molecular weight excluding hydrogens is 378 g/mol. The molecule has 0 aliphatic heterocycles. The van der Waals surface area contributed by atoms with Crippen molar-refractivity contribution in [2.45, 2.75) is 12.1 Å². The van der Waals surface area contributed by atoms with E-state index < -0.39 is 0 Å². The molecule has 0 bridgehead atoms. The summed E-state index contributed by atoms with van der Waals surface area (Å²) >= 11 is 1.21. The third-order valence-corrected chi connectivity index (χ3v) is 4.36. The Hall–Kier alpha value is -3.40. The zero-order valence-corrected chi connectivity index (χ0v) is 16.2. The lowest BCUT2D eigenvalue weighted by atomic mass is 10.3. The molecule has 144 valence electrons. The van der Waals surface area contributed by atoms with Crippen LogP contribution in [0.15, 0.2) is 58.9 Å². The number of amides is 1. The molecule has 3 aromatic rings. The Morgan fingerprint density at radius 3 is 2.96 bits per heavy atom. The van der Waals surface area contributed by atoms with E-state index in [1.165, 1.54) is 11.8 Å². The third kappa shape index (κ3) is 5.55. The van der Waals surface area contributed by atoms with Crippen LogP contribution in [0, 0.1) is 0 Å². The maximum Gasteiger partial charge on any atom is 0.240 e. The second-order valence-electron chi connectivity index (χ2n) is 5.56. The van der Waals surface area contributed by atoms with Crippen LogP contribution >= 0.6 is 11.8 Å². The highest BCUT2D eigenvalue weighted by Crippen LogP contribution is 2.18. The molecule has 1 amide bonds. The highest BCUT2D eigenvalue weighted by atomic mass is 32.2. The zero-order valence-electron chi connectivity index (χ0n) is 15.3. The summed E-state index contributed by atoms with van der Waals surface area (Å²) in [4.78, 5) is 20.5. The normalized spacial score (nSPS) is 11.1. The lowest BCUT2D eigenvalue weighted by Gasteiger charge is -2.06. The van der Waals surface area contributed by atoms with Crippen LogP contribution in [0.2, 0.25) is 0 Å². The molecule has 0 saturated heterocycles. The van der Waals surface area contributed by atoms with Gasteiger partial charge in [-0.15, -0.1) is 5.10 Å². The molecule has 9 nitrogen and oxygen atoms in total. The number of anilines is 2. The molecule has 28 heavy (non-hydrogen) atoms. The molecule has 0 atom stereocenters. The van der Waals surface area contributed by atoms with Gasteiger partial charge in [0, 0.05) is 18.0 Å². The van der Waals surface area contributed by atoms with Crippen molar-refractivity contribution in [2.75, 3.05) is 23.6 Å². The summed E-state index contributed by atoms with van der Waals surface area (Å²) in [7, 11) is 1.58. The van der Waals surface area contributed by atoms with E-state index in [-0.39, 0.29) is 11.7 Å². The summed E-state index contributed by atoms with van der Waals surface area (Å²) in [5.41, 5.74) is 4.94. The SMILES string of the molecule is COc1cccc(NC(=O)CSc2n[nH]c(N/N=C(\C)c3ccccn3)n2)c1. The molecule has 10 heteroatoms. The lowest BCUT2D eigenvalue weighted by molar-refractivity contribution is -0.113. The van der Waals surface area contributed by atoms with Crippen LogP contribution in [0.3, 0.4) is 0 Å². The van der Waals surface area contributed by atoms with Gasteiger partial charge in [0.25, 0.3) is 0 Å². The smallest absolute Gasteiger partial charge is 0.240 e. The van der Waals surface area contributed by atoms with Crippen molar-refractivity contribution in [1.29, 1.82) is 0 Å². The topological polar surface area (TPSA) is 117 Å². The maximum atomic E-state index is 12.1. The number of ether oxygens (including phenoxy) is 1. The van der Waals surface area contributed by atoms with E-state index in [0.717, 1.165) is 5.69 Å². The van der Waals surface area contributed by atoms with Gasteiger partial charge in [-0.05, 0) is 31.2 Å². The largest absolute Gasteiger partial charge is 0.497 e. The van der Waals surface area contributed by atoms with E-state index in [9.17, 15) is 4.79 Å². The van der Waals surface area contributed by atoms with Gasteiger partial charge in [-0.25, -0.2) is 10.5 Å². The number of aromatic nitrogens is 4. The van der Waals surface area contributed by atoms with E-state index in [0.29, 0.717) is 28.3 Å². The lowest BCUT2D eigenvalue weighted by Crippen LogP contribution is -2.14. The fraction of sp³-hybridized carbons (Fsp3) is 0.167. The Bertz CT molecular complexity index is 959. The minimum Gasteiger partial charge on any atom is -0.497 e. The molecule has 3 rings (SSSR count). The minimum atomic E-state index is -0.165. The van der Waals surface area contributed by atoms with Gasteiger partial charge in [0.2, 0.25) is 17.0 Å². The highest BCUT2D eigenvalue weighted by molar-refractivity contribution is 7.99. The number of thioether (sulfide) groups is 1. The maximum absolute atomic E-state index is 12.1. The van der Waals surface area contributed by atoms with Gasteiger partial charge in [-0.2, -0.15) is 10.1 Å². The molecule has 3 N–H and O–H groups in total. The summed E-state index contributed by atoms with van der Waals surface area (Å²) in [6.45, 7) is 1.84. The van der Waals surface area contributed by atoms with E-state index >= 15 is 0 Å². The molecular formula is C18H19N7O2S. The summed E-state index contributed by atoms with van der Waals surface area (Å²) in [6, 6.07) is 12.8.